The summed E-state index contributed by atoms with van der Waals surface area (Å²) in [5.41, 5.74) is -0.109. The molecule has 0 saturated heterocycles. The molecular formula is C28H38O6. The Kier molecular flexibility index (Phi) is 8.56. The summed E-state index contributed by atoms with van der Waals surface area (Å²) in [7, 11) is 0. The quantitative estimate of drug-likeness (QED) is 0.287. The summed E-state index contributed by atoms with van der Waals surface area (Å²) in [6, 6.07) is 6.48. The summed E-state index contributed by atoms with van der Waals surface area (Å²) in [5.74, 6) is 1.28. The molecule has 0 aliphatic heterocycles. The Labute approximate surface area is 203 Å². The monoisotopic (exact) mass is 470 g/mol. The van der Waals surface area contributed by atoms with Crippen LogP contribution in [0.2, 0.25) is 0 Å². The highest BCUT2D eigenvalue weighted by Crippen LogP contribution is 2.42. The number of benzene rings is 1. The number of carbonyl (C=O) groups is 3. The SMILES string of the molecule is C=C(C)C(=O)Oc1ccc(OC(=O)C2CCC(C3CCC(C(=O)OC(C)(C)C)CC3)CC2)cc1. The lowest BCUT2D eigenvalue weighted by molar-refractivity contribution is -0.161. The minimum absolute atomic E-state index is 0.0255. The summed E-state index contributed by atoms with van der Waals surface area (Å²) < 4.78 is 16.3. The predicted octanol–water partition coefficient (Wildman–Crippen LogP) is 6.03. The Morgan fingerprint density at radius 1 is 0.735 bits per heavy atom. The highest BCUT2D eigenvalue weighted by molar-refractivity contribution is 5.88. The minimum Gasteiger partial charge on any atom is -0.460 e. The fraction of sp³-hybridized carbons (Fsp3) is 0.607. The molecule has 0 atom stereocenters. The zero-order valence-electron chi connectivity index (χ0n) is 20.9. The fourth-order valence-electron chi connectivity index (χ4n) is 5.01. The molecule has 0 bridgehead atoms. The number of hydrogen-bond acceptors (Lipinski definition) is 6. The van der Waals surface area contributed by atoms with Crippen LogP contribution in [0.15, 0.2) is 36.4 Å². The largest absolute Gasteiger partial charge is 0.460 e. The second kappa shape index (κ2) is 11.2. The molecule has 34 heavy (non-hydrogen) atoms. The maximum absolute atomic E-state index is 12.7. The Morgan fingerprint density at radius 2 is 1.15 bits per heavy atom. The van der Waals surface area contributed by atoms with Gasteiger partial charge in [-0.15, -0.1) is 0 Å². The second-order valence-electron chi connectivity index (χ2n) is 10.8. The molecule has 0 amide bonds. The molecule has 0 heterocycles. The molecule has 3 rings (SSSR count). The van der Waals surface area contributed by atoms with Crippen molar-refractivity contribution in [3.8, 4) is 11.5 Å². The second-order valence-corrected chi connectivity index (χ2v) is 10.8. The van der Waals surface area contributed by atoms with Gasteiger partial charge >= 0.3 is 17.9 Å². The van der Waals surface area contributed by atoms with Gasteiger partial charge in [-0.25, -0.2) is 4.79 Å². The van der Waals surface area contributed by atoms with Crippen molar-refractivity contribution in [3.63, 3.8) is 0 Å². The molecule has 6 heteroatoms. The van der Waals surface area contributed by atoms with Gasteiger partial charge in [0.15, 0.2) is 0 Å². The minimum atomic E-state index is -0.486. The smallest absolute Gasteiger partial charge is 0.338 e. The lowest BCUT2D eigenvalue weighted by Gasteiger charge is -2.37. The standard InChI is InChI=1S/C28H38O6/c1-18(2)25(29)32-23-14-16-24(17-15-23)33-26(30)21-10-6-19(7-11-21)20-8-12-22(13-9-20)27(31)34-28(3,4)5/h14-17,19-22H,1,6-13H2,2-5H3. The lowest BCUT2D eigenvalue weighted by Crippen LogP contribution is -2.33. The molecule has 0 N–H and O–H groups in total. The molecule has 2 aliphatic carbocycles. The van der Waals surface area contributed by atoms with Crippen LogP contribution in [0.5, 0.6) is 11.5 Å². The Bertz CT molecular complexity index is 878. The first-order valence-electron chi connectivity index (χ1n) is 12.4. The van der Waals surface area contributed by atoms with Crippen LogP contribution in [-0.2, 0) is 19.1 Å². The first-order valence-corrected chi connectivity index (χ1v) is 12.4. The molecule has 0 unspecified atom stereocenters. The van der Waals surface area contributed by atoms with E-state index in [0.29, 0.717) is 28.9 Å². The molecule has 6 nitrogen and oxygen atoms in total. The zero-order chi connectivity index (χ0) is 24.9. The summed E-state index contributed by atoms with van der Waals surface area (Å²) in [6.07, 6.45) is 7.65. The molecule has 0 aromatic heterocycles. The van der Waals surface area contributed by atoms with E-state index in [2.05, 4.69) is 6.58 Å². The maximum atomic E-state index is 12.7. The molecule has 2 aliphatic rings. The molecular weight excluding hydrogens is 432 g/mol. The first kappa shape index (κ1) is 26.0. The number of rotatable bonds is 6. The third-order valence-corrected chi connectivity index (χ3v) is 6.88. The van der Waals surface area contributed by atoms with Crippen molar-refractivity contribution in [1.82, 2.24) is 0 Å². The number of carbonyl (C=O) groups excluding carboxylic acids is 3. The third kappa shape index (κ3) is 7.44. The van der Waals surface area contributed by atoms with Gasteiger partial charge in [0.2, 0.25) is 0 Å². The van der Waals surface area contributed by atoms with Crippen molar-refractivity contribution < 1.29 is 28.6 Å². The van der Waals surface area contributed by atoms with Gasteiger partial charge in [0.25, 0.3) is 0 Å². The van der Waals surface area contributed by atoms with E-state index >= 15 is 0 Å². The van der Waals surface area contributed by atoms with E-state index in [4.69, 9.17) is 14.2 Å². The number of ether oxygens (including phenoxy) is 3. The van der Waals surface area contributed by atoms with Crippen molar-refractivity contribution in [3.05, 3.63) is 36.4 Å². The maximum Gasteiger partial charge on any atom is 0.338 e. The number of esters is 3. The molecule has 1 aromatic carbocycles. The van der Waals surface area contributed by atoms with Crippen LogP contribution in [0, 0.1) is 23.7 Å². The third-order valence-electron chi connectivity index (χ3n) is 6.88. The van der Waals surface area contributed by atoms with Crippen molar-refractivity contribution in [2.75, 3.05) is 0 Å². The van der Waals surface area contributed by atoms with Crippen molar-refractivity contribution in [1.29, 1.82) is 0 Å². The molecule has 0 radical (unpaired) electrons. The normalized spacial score (nSPS) is 25.2. The van der Waals surface area contributed by atoms with Gasteiger partial charge < -0.3 is 14.2 Å². The van der Waals surface area contributed by atoms with E-state index in [1.54, 1.807) is 31.2 Å². The summed E-state index contributed by atoms with van der Waals surface area (Å²) >= 11 is 0. The topological polar surface area (TPSA) is 78.9 Å². The summed E-state index contributed by atoms with van der Waals surface area (Å²) in [5, 5.41) is 0. The molecule has 2 saturated carbocycles. The van der Waals surface area contributed by atoms with Gasteiger partial charge in [-0.3, -0.25) is 9.59 Å². The van der Waals surface area contributed by atoms with Gasteiger partial charge in [0, 0.05) is 5.57 Å². The molecule has 2 fully saturated rings. The van der Waals surface area contributed by atoms with Crippen molar-refractivity contribution >= 4 is 17.9 Å². The van der Waals surface area contributed by atoms with E-state index in [1.165, 1.54) is 0 Å². The van der Waals surface area contributed by atoms with E-state index < -0.39 is 11.6 Å². The average molecular weight is 471 g/mol. The van der Waals surface area contributed by atoms with Crippen LogP contribution in [0.1, 0.15) is 79.1 Å². The molecule has 186 valence electrons. The van der Waals surface area contributed by atoms with Crippen LogP contribution in [0.25, 0.3) is 0 Å². The van der Waals surface area contributed by atoms with Gasteiger partial charge in [-0.05, 0) is 115 Å². The molecule has 0 spiro atoms. The van der Waals surface area contributed by atoms with Crippen LogP contribution in [-0.4, -0.2) is 23.5 Å². The number of hydrogen-bond donors (Lipinski definition) is 0. The van der Waals surface area contributed by atoms with Crippen LogP contribution >= 0.6 is 0 Å². The van der Waals surface area contributed by atoms with Gasteiger partial charge in [-0.2, -0.15) is 0 Å². The highest BCUT2D eigenvalue weighted by atomic mass is 16.6. The van der Waals surface area contributed by atoms with E-state index in [0.717, 1.165) is 51.4 Å². The van der Waals surface area contributed by atoms with Crippen molar-refractivity contribution in [2.24, 2.45) is 23.7 Å². The first-order chi connectivity index (χ1) is 16.0. The van der Waals surface area contributed by atoms with E-state index in [9.17, 15) is 14.4 Å². The Hall–Kier alpha value is -2.63. The van der Waals surface area contributed by atoms with Gasteiger partial charge in [-0.1, -0.05) is 6.58 Å². The highest BCUT2D eigenvalue weighted by Gasteiger charge is 2.36. The Morgan fingerprint density at radius 3 is 1.56 bits per heavy atom. The fourth-order valence-corrected chi connectivity index (χ4v) is 5.01. The predicted molar refractivity (Wildman–Crippen MR) is 129 cm³/mol. The van der Waals surface area contributed by atoms with E-state index in [-0.39, 0.29) is 23.8 Å². The van der Waals surface area contributed by atoms with Gasteiger partial charge in [0.1, 0.15) is 17.1 Å². The zero-order valence-corrected chi connectivity index (χ0v) is 20.9. The Balaban J connectivity index is 1.41. The summed E-state index contributed by atoms with van der Waals surface area (Å²) in [6.45, 7) is 10.9. The lowest BCUT2D eigenvalue weighted by atomic mass is 9.69. The van der Waals surface area contributed by atoms with Crippen LogP contribution in [0.3, 0.4) is 0 Å². The molecule has 1 aromatic rings. The van der Waals surface area contributed by atoms with Crippen LogP contribution < -0.4 is 9.47 Å². The van der Waals surface area contributed by atoms with Crippen LogP contribution in [0.4, 0.5) is 0 Å². The average Bonchev–Trinajstić information content (AvgIpc) is 2.79. The van der Waals surface area contributed by atoms with Crippen molar-refractivity contribution in [2.45, 2.75) is 84.7 Å². The van der Waals surface area contributed by atoms with E-state index in [1.807, 2.05) is 20.8 Å². The van der Waals surface area contributed by atoms with Gasteiger partial charge in [0.05, 0.1) is 11.8 Å². The summed E-state index contributed by atoms with van der Waals surface area (Å²) in [4.78, 5) is 36.6.